The van der Waals surface area contributed by atoms with E-state index in [1.165, 1.54) is 12.8 Å². The molecule has 4 heteroatoms. The average molecular weight is 270 g/mol. The highest BCUT2D eigenvalue weighted by Gasteiger charge is 2.23. The number of nitrogens with zero attached hydrogens (tertiary/aromatic N) is 1. The van der Waals surface area contributed by atoms with Gasteiger partial charge in [-0.3, -0.25) is 0 Å². The van der Waals surface area contributed by atoms with Gasteiger partial charge in [-0.1, -0.05) is 31.0 Å². The van der Waals surface area contributed by atoms with Crippen molar-refractivity contribution in [3.63, 3.8) is 0 Å². The van der Waals surface area contributed by atoms with Gasteiger partial charge >= 0.3 is 5.97 Å². The number of hydrogen-bond acceptors (Lipinski definition) is 3. The first kappa shape index (κ1) is 12.9. The Morgan fingerprint density at radius 1 is 1.45 bits per heavy atom. The van der Waals surface area contributed by atoms with Crippen molar-refractivity contribution in [2.75, 3.05) is 5.32 Å². The Hall–Kier alpha value is -2.10. The van der Waals surface area contributed by atoms with Crippen LogP contribution in [0.5, 0.6) is 0 Å². The summed E-state index contributed by atoms with van der Waals surface area (Å²) in [5, 5.41) is 13.6. The molecule has 3 rings (SSSR count). The van der Waals surface area contributed by atoms with E-state index in [-0.39, 0.29) is 5.69 Å². The van der Waals surface area contributed by atoms with Crippen LogP contribution in [0.25, 0.3) is 10.9 Å². The van der Waals surface area contributed by atoms with E-state index in [1.807, 2.05) is 24.3 Å². The van der Waals surface area contributed by atoms with Crippen LogP contribution in [0, 0.1) is 5.92 Å². The van der Waals surface area contributed by atoms with Crippen LogP contribution in [-0.4, -0.2) is 22.1 Å². The van der Waals surface area contributed by atoms with E-state index in [0.29, 0.717) is 11.6 Å². The van der Waals surface area contributed by atoms with Gasteiger partial charge in [-0.05, 0) is 31.4 Å². The summed E-state index contributed by atoms with van der Waals surface area (Å²) in [6, 6.07) is 9.61. The van der Waals surface area contributed by atoms with E-state index < -0.39 is 5.97 Å². The second-order valence-electron chi connectivity index (χ2n) is 5.60. The summed E-state index contributed by atoms with van der Waals surface area (Å²) in [4.78, 5) is 15.4. The average Bonchev–Trinajstić information content (AvgIpc) is 3.22. The van der Waals surface area contributed by atoms with Crippen molar-refractivity contribution in [2.24, 2.45) is 5.92 Å². The lowest BCUT2D eigenvalue weighted by Crippen LogP contribution is -2.16. The Morgan fingerprint density at radius 3 is 2.90 bits per heavy atom. The molecule has 1 unspecified atom stereocenters. The molecule has 1 aromatic heterocycles. The summed E-state index contributed by atoms with van der Waals surface area (Å²) < 4.78 is 0. The summed E-state index contributed by atoms with van der Waals surface area (Å²) in [5.41, 5.74) is 1.67. The molecule has 2 aromatic rings. The highest BCUT2D eigenvalue weighted by molar-refractivity contribution is 5.97. The lowest BCUT2D eigenvalue weighted by atomic mass is 10.1. The van der Waals surface area contributed by atoms with Crippen LogP contribution in [0.3, 0.4) is 0 Å². The monoisotopic (exact) mass is 270 g/mol. The lowest BCUT2D eigenvalue weighted by molar-refractivity contribution is 0.0691. The first-order chi connectivity index (χ1) is 9.63. The third kappa shape index (κ3) is 2.74. The van der Waals surface area contributed by atoms with Crippen molar-refractivity contribution < 1.29 is 9.90 Å². The number of pyridine rings is 1. The van der Waals surface area contributed by atoms with Crippen molar-refractivity contribution in [1.82, 2.24) is 4.98 Å². The normalized spacial score (nSPS) is 16.1. The Morgan fingerprint density at radius 2 is 2.20 bits per heavy atom. The van der Waals surface area contributed by atoms with Crippen LogP contribution in [0.1, 0.15) is 36.7 Å². The minimum Gasteiger partial charge on any atom is -0.477 e. The number of fused-ring (bicyclic) bond motifs is 1. The predicted octanol–water partition coefficient (Wildman–Crippen LogP) is 3.53. The fourth-order valence-corrected chi connectivity index (χ4v) is 2.58. The summed E-state index contributed by atoms with van der Waals surface area (Å²) in [6.07, 6.45) is 3.78. The Bertz CT molecular complexity index is 650. The number of aromatic nitrogens is 1. The second kappa shape index (κ2) is 5.12. The zero-order valence-corrected chi connectivity index (χ0v) is 11.5. The maximum atomic E-state index is 11.2. The molecule has 0 radical (unpaired) electrons. The molecule has 0 aliphatic heterocycles. The van der Waals surface area contributed by atoms with E-state index in [9.17, 15) is 4.79 Å². The van der Waals surface area contributed by atoms with Crippen molar-refractivity contribution in [3.8, 4) is 0 Å². The molecule has 1 aromatic carbocycles. The molecule has 104 valence electrons. The van der Waals surface area contributed by atoms with Crippen LogP contribution in [0.2, 0.25) is 0 Å². The number of nitrogens with one attached hydrogen (secondary N) is 1. The highest BCUT2D eigenvalue weighted by Crippen LogP contribution is 2.34. The first-order valence-electron chi connectivity index (χ1n) is 7.03. The zero-order valence-electron chi connectivity index (χ0n) is 11.5. The minimum absolute atomic E-state index is 0.0878. The quantitative estimate of drug-likeness (QED) is 0.872. The van der Waals surface area contributed by atoms with Crippen molar-refractivity contribution in [3.05, 3.63) is 36.0 Å². The van der Waals surface area contributed by atoms with E-state index >= 15 is 0 Å². The number of anilines is 1. The number of aromatic carboxylic acids is 1. The molecule has 0 bridgehead atoms. The zero-order chi connectivity index (χ0) is 14.1. The second-order valence-corrected chi connectivity index (χ2v) is 5.60. The number of para-hydroxylation sites is 1. The lowest BCUT2D eigenvalue weighted by Gasteiger charge is -2.17. The number of carboxylic acid groups (broad SMARTS) is 1. The molecule has 1 aliphatic carbocycles. The van der Waals surface area contributed by atoms with Gasteiger partial charge in [-0.25, -0.2) is 9.78 Å². The van der Waals surface area contributed by atoms with Gasteiger partial charge in [0, 0.05) is 17.1 Å². The molecular weight excluding hydrogens is 252 g/mol. The Balaban J connectivity index is 1.95. The SMILES string of the molecule is CC(CC1CC1)Nc1cc(C(=O)O)nc2ccccc12. The predicted molar refractivity (Wildman–Crippen MR) is 79.1 cm³/mol. The van der Waals surface area contributed by atoms with Crippen LogP contribution < -0.4 is 5.32 Å². The molecule has 0 spiro atoms. The van der Waals surface area contributed by atoms with E-state index in [1.54, 1.807) is 6.07 Å². The van der Waals surface area contributed by atoms with Gasteiger partial charge in [0.05, 0.1) is 5.52 Å². The first-order valence-corrected chi connectivity index (χ1v) is 7.03. The van der Waals surface area contributed by atoms with Crippen LogP contribution >= 0.6 is 0 Å². The number of hydrogen-bond donors (Lipinski definition) is 2. The van der Waals surface area contributed by atoms with E-state index in [0.717, 1.165) is 23.4 Å². The van der Waals surface area contributed by atoms with Gasteiger partial charge < -0.3 is 10.4 Å². The molecule has 1 saturated carbocycles. The number of benzene rings is 1. The topological polar surface area (TPSA) is 62.2 Å². The maximum Gasteiger partial charge on any atom is 0.354 e. The summed E-state index contributed by atoms with van der Waals surface area (Å²) in [5.74, 6) is -0.154. The number of rotatable bonds is 5. The van der Waals surface area contributed by atoms with E-state index in [2.05, 4.69) is 17.2 Å². The van der Waals surface area contributed by atoms with Gasteiger partial charge in [0.25, 0.3) is 0 Å². The Kier molecular flexibility index (Phi) is 3.30. The fraction of sp³-hybridized carbons (Fsp3) is 0.375. The summed E-state index contributed by atoms with van der Waals surface area (Å²) >= 11 is 0. The highest BCUT2D eigenvalue weighted by atomic mass is 16.4. The van der Waals surface area contributed by atoms with Crippen molar-refractivity contribution in [1.29, 1.82) is 0 Å². The van der Waals surface area contributed by atoms with Crippen LogP contribution in [-0.2, 0) is 0 Å². The largest absolute Gasteiger partial charge is 0.477 e. The molecule has 0 saturated heterocycles. The Labute approximate surface area is 117 Å². The van der Waals surface area contributed by atoms with Crippen molar-refractivity contribution in [2.45, 2.75) is 32.2 Å². The number of carbonyl (C=O) groups is 1. The molecule has 1 aliphatic rings. The maximum absolute atomic E-state index is 11.2. The van der Waals surface area contributed by atoms with E-state index in [4.69, 9.17) is 5.11 Å². The van der Waals surface area contributed by atoms with Gasteiger partial charge in [-0.15, -0.1) is 0 Å². The molecule has 1 heterocycles. The molecule has 4 nitrogen and oxygen atoms in total. The minimum atomic E-state index is -0.992. The van der Waals surface area contributed by atoms with Gasteiger partial charge in [0.2, 0.25) is 0 Å². The molecule has 20 heavy (non-hydrogen) atoms. The molecular formula is C16H18N2O2. The van der Waals surface area contributed by atoms with Crippen LogP contribution in [0.4, 0.5) is 5.69 Å². The van der Waals surface area contributed by atoms with Gasteiger partial charge in [0.15, 0.2) is 5.69 Å². The van der Waals surface area contributed by atoms with Gasteiger partial charge in [-0.2, -0.15) is 0 Å². The standard InChI is InChI=1S/C16H18N2O2/c1-10(8-11-6-7-11)17-14-9-15(16(19)20)18-13-5-3-2-4-12(13)14/h2-5,9-11H,6-8H2,1H3,(H,17,18)(H,19,20). The smallest absolute Gasteiger partial charge is 0.354 e. The number of carboxylic acids is 1. The third-order valence-corrected chi connectivity index (χ3v) is 3.72. The molecule has 1 atom stereocenters. The summed E-state index contributed by atoms with van der Waals surface area (Å²) in [7, 11) is 0. The van der Waals surface area contributed by atoms with Gasteiger partial charge in [0.1, 0.15) is 0 Å². The fourth-order valence-electron chi connectivity index (χ4n) is 2.58. The molecule has 2 N–H and O–H groups in total. The molecule has 0 amide bonds. The van der Waals surface area contributed by atoms with Crippen LogP contribution in [0.15, 0.2) is 30.3 Å². The third-order valence-electron chi connectivity index (χ3n) is 3.72. The van der Waals surface area contributed by atoms with Crippen molar-refractivity contribution >= 4 is 22.6 Å². The molecule has 1 fully saturated rings. The summed E-state index contributed by atoms with van der Waals surface area (Å²) in [6.45, 7) is 2.15.